The summed E-state index contributed by atoms with van der Waals surface area (Å²) in [5.74, 6) is 0. The van der Waals surface area contributed by atoms with E-state index in [1.165, 1.54) is 0 Å². The first kappa shape index (κ1) is 18.6. The lowest BCUT2D eigenvalue weighted by Crippen LogP contribution is -2.36. The Morgan fingerprint density at radius 2 is 1.83 bits per heavy atom. The molecule has 3 N–H and O–H groups in total. The molecule has 0 rings (SSSR count). The van der Waals surface area contributed by atoms with Crippen LogP contribution in [0.3, 0.4) is 0 Å². The van der Waals surface area contributed by atoms with Crippen molar-refractivity contribution in [2.24, 2.45) is 0 Å². The van der Waals surface area contributed by atoms with Crippen LogP contribution >= 0.6 is 0 Å². The molecule has 0 aromatic heterocycles. The Bertz CT molecular complexity index is 299. The van der Waals surface area contributed by atoms with E-state index in [0.717, 1.165) is 30.5 Å². The van der Waals surface area contributed by atoms with E-state index in [-0.39, 0.29) is 12.5 Å². The summed E-state index contributed by atoms with van der Waals surface area (Å²) in [7, 11) is 1.87. The van der Waals surface area contributed by atoms with Crippen molar-refractivity contribution in [3.63, 3.8) is 0 Å². The van der Waals surface area contributed by atoms with Crippen LogP contribution in [-0.4, -0.2) is 44.0 Å². The van der Waals surface area contributed by atoms with Gasteiger partial charge in [0.1, 0.15) is 6.29 Å². The lowest BCUT2D eigenvalue weighted by atomic mass is 10.1. The topological polar surface area (TPSA) is 78.4 Å². The van der Waals surface area contributed by atoms with Crippen molar-refractivity contribution in [1.29, 1.82) is 0 Å². The Hall–Kier alpha value is -1.72. The molecule has 0 fully saturated rings. The second-order valence-electron chi connectivity index (χ2n) is 3.53. The number of carbonyl (C=O) groups is 2. The van der Waals surface area contributed by atoms with Crippen molar-refractivity contribution in [3.05, 3.63) is 36.5 Å². The fourth-order valence-electron chi connectivity index (χ4n) is 0.972. The molecule has 0 saturated carbocycles. The van der Waals surface area contributed by atoms with Crippen LogP contribution in [0.15, 0.2) is 36.5 Å². The number of carbonyl (C=O) groups excluding carboxylic acids is 1. The van der Waals surface area contributed by atoms with Gasteiger partial charge >= 0.3 is 0 Å². The van der Waals surface area contributed by atoms with Crippen LogP contribution in [0, 0.1) is 0 Å². The number of aldehydes is 1. The zero-order valence-electron chi connectivity index (χ0n) is 11.0. The van der Waals surface area contributed by atoms with Crippen LogP contribution in [0.25, 0.3) is 0 Å². The third-order valence-electron chi connectivity index (χ3n) is 1.86. The normalized spacial score (nSPS) is 11.2. The Labute approximate surface area is 108 Å². The van der Waals surface area contributed by atoms with Crippen molar-refractivity contribution in [3.8, 4) is 0 Å². The summed E-state index contributed by atoms with van der Waals surface area (Å²) >= 11 is 0. The first-order chi connectivity index (χ1) is 8.53. The Kier molecular flexibility index (Phi) is 13.8. The van der Waals surface area contributed by atoms with E-state index in [4.69, 9.17) is 9.90 Å². The largest absolute Gasteiger partial charge is 0.483 e. The molecular formula is C13H22N2O3. The first-order valence-electron chi connectivity index (χ1n) is 5.47. The van der Waals surface area contributed by atoms with Crippen LogP contribution in [0.2, 0.25) is 0 Å². The molecule has 0 aliphatic rings. The molecule has 0 heterocycles. The van der Waals surface area contributed by atoms with E-state index in [1.807, 2.05) is 26.1 Å². The summed E-state index contributed by atoms with van der Waals surface area (Å²) < 4.78 is 0. The zero-order chi connectivity index (χ0) is 14.4. The minimum atomic E-state index is -0.311. The van der Waals surface area contributed by atoms with Gasteiger partial charge in [0, 0.05) is 13.1 Å². The number of hydrogen-bond donors (Lipinski definition) is 3. The van der Waals surface area contributed by atoms with Crippen molar-refractivity contribution in [2.45, 2.75) is 13.0 Å². The summed E-state index contributed by atoms with van der Waals surface area (Å²) in [6, 6.07) is -0.311. The summed E-state index contributed by atoms with van der Waals surface area (Å²) in [6.07, 6.45) is 4.52. The highest BCUT2D eigenvalue weighted by atomic mass is 16.3. The Balaban J connectivity index is 0. The first-order valence-corrected chi connectivity index (χ1v) is 5.47. The van der Waals surface area contributed by atoms with E-state index in [1.54, 1.807) is 0 Å². The monoisotopic (exact) mass is 254 g/mol. The quantitative estimate of drug-likeness (QED) is 0.338. The molecule has 1 unspecified atom stereocenters. The molecule has 0 saturated heterocycles. The summed E-state index contributed by atoms with van der Waals surface area (Å²) in [6.45, 7) is 10.8. The average Bonchev–Trinajstić information content (AvgIpc) is 2.33. The van der Waals surface area contributed by atoms with Crippen LogP contribution in [-0.2, 0) is 9.59 Å². The smallest absolute Gasteiger partial charge is 0.290 e. The number of hydrogen-bond acceptors (Lipinski definition) is 4. The highest BCUT2D eigenvalue weighted by molar-refractivity contribution is 5.64. The molecule has 0 aliphatic heterocycles. The number of likely N-dealkylation sites (N-methyl/N-ethyl adjacent to an activating group) is 1. The molecular weight excluding hydrogens is 232 g/mol. The van der Waals surface area contributed by atoms with Gasteiger partial charge in [-0.3, -0.25) is 4.79 Å². The van der Waals surface area contributed by atoms with Gasteiger partial charge in [-0.25, -0.2) is 0 Å². The number of rotatable bonds is 8. The van der Waals surface area contributed by atoms with E-state index in [9.17, 15) is 4.79 Å². The van der Waals surface area contributed by atoms with Gasteiger partial charge in [0.05, 0.1) is 6.04 Å². The van der Waals surface area contributed by atoms with Gasteiger partial charge in [0.2, 0.25) is 0 Å². The molecule has 18 heavy (non-hydrogen) atoms. The molecule has 0 spiro atoms. The number of carboxylic acid groups (broad SMARTS) is 1. The minimum Gasteiger partial charge on any atom is -0.483 e. The highest BCUT2D eigenvalue weighted by Crippen LogP contribution is 2.01. The van der Waals surface area contributed by atoms with Crippen LogP contribution in [0.1, 0.15) is 6.92 Å². The van der Waals surface area contributed by atoms with Crippen molar-refractivity contribution < 1.29 is 14.7 Å². The average molecular weight is 254 g/mol. The zero-order valence-corrected chi connectivity index (χ0v) is 11.0. The lowest BCUT2D eigenvalue weighted by Gasteiger charge is -2.12. The summed E-state index contributed by atoms with van der Waals surface area (Å²) in [5, 5.41) is 13.0. The van der Waals surface area contributed by atoms with Gasteiger partial charge in [0.15, 0.2) is 0 Å². The number of nitrogens with one attached hydrogen (secondary N) is 2. The van der Waals surface area contributed by atoms with Crippen molar-refractivity contribution in [2.75, 3.05) is 20.1 Å². The predicted octanol–water partition coefficient (Wildman–Crippen LogP) is 0.752. The summed E-state index contributed by atoms with van der Waals surface area (Å²) in [5.41, 5.74) is 1.69. The number of allylic oxidation sites excluding steroid dienone is 2. The molecule has 0 radical (unpaired) electrons. The van der Waals surface area contributed by atoms with E-state index in [2.05, 4.69) is 23.8 Å². The molecule has 102 valence electrons. The minimum absolute atomic E-state index is 0.250. The fourth-order valence-corrected chi connectivity index (χ4v) is 0.972. The third-order valence-corrected chi connectivity index (χ3v) is 1.86. The predicted molar refractivity (Wildman–Crippen MR) is 73.6 cm³/mol. The van der Waals surface area contributed by atoms with Crippen LogP contribution in [0.4, 0.5) is 0 Å². The van der Waals surface area contributed by atoms with Crippen LogP contribution < -0.4 is 10.6 Å². The second-order valence-corrected chi connectivity index (χ2v) is 3.53. The second kappa shape index (κ2) is 13.3. The van der Waals surface area contributed by atoms with Crippen LogP contribution in [0.5, 0.6) is 0 Å². The molecule has 0 amide bonds. The molecule has 1 atom stereocenters. The molecule has 5 heteroatoms. The maximum Gasteiger partial charge on any atom is 0.290 e. The molecule has 0 bridgehead atoms. The van der Waals surface area contributed by atoms with Gasteiger partial charge in [-0.2, -0.15) is 0 Å². The molecule has 0 aromatic carbocycles. The van der Waals surface area contributed by atoms with E-state index < -0.39 is 0 Å². The van der Waals surface area contributed by atoms with E-state index in [0.29, 0.717) is 0 Å². The Morgan fingerprint density at radius 3 is 2.22 bits per heavy atom. The standard InChI is InChI=1S/C12H20N2O.CH2O2/c1-10(2)5-6-11(3)12(9-15)14-8-7-13-4;2-1-3/h5-6,9,12-14H,1,3,7-8H2,2,4H3;1H,(H,2,3)/b6-5-;. The fraction of sp³-hybridized carbons (Fsp3) is 0.385. The molecule has 0 aromatic rings. The van der Waals surface area contributed by atoms with Crippen molar-refractivity contribution >= 4 is 12.8 Å². The highest BCUT2D eigenvalue weighted by Gasteiger charge is 2.06. The lowest BCUT2D eigenvalue weighted by molar-refractivity contribution is -0.122. The molecule has 0 aliphatic carbocycles. The van der Waals surface area contributed by atoms with Gasteiger partial charge in [-0.1, -0.05) is 30.9 Å². The summed E-state index contributed by atoms with van der Waals surface area (Å²) in [4.78, 5) is 19.1. The third kappa shape index (κ3) is 12.4. The van der Waals surface area contributed by atoms with E-state index >= 15 is 0 Å². The van der Waals surface area contributed by atoms with Gasteiger partial charge in [-0.05, 0) is 19.5 Å². The SMILES string of the molecule is C=C(C)/C=C\C(=C)C(C=O)NCCNC.O=CO. The van der Waals surface area contributed by atoms with Gasteiger partial charge in [-0.15, -0.1) is 0 Å². The maximum atomic E-state index is 10.8. The van der Waals surface area contributed by atoms with Gasteiger partial charge < -0.3 is 20.5 Å². The molecule has 5 nitrogen and oxygen atoms in total. The van der Waals surface area contributed by atoms with Crippen molar-refractivity contribution in [1.82, 2.24) is 10.6 Å². The Morgan fingerprint density at radius 1 is 1.28 bits per heavy atom. The maximum absolute atomic E-state index is 10.8. The van der Waals surface area contributed by atoms with Gasteiger partial charge in [0.25, 0.3) is 6.47 Å².